The second-order valence-corrected chi connectivity index (χ2v) is 5.50. The van der Waals surface area contributed by atoms with Gasteiger partial charge in [-0.15, -0.1) is 5.10 Å². The van der Waals surface area contributed by atoms with Crippen molar-refractivity contribution in [2.24, 2.45) is 5.10 Å². The highest BCUT2D eigenvalue weighted by molar-refractivity contribution is 5.94. The number of amides is 1. The summed E-state index contributed by atoms with van der Waals surface area (Å²) in [4.78, 5) is 13.2. The number of ether oxygens (including phenoxy) is 2. The van der Waals surface area contributed by atoms with Crippen LogP contribution < -0.4 is 14.8 Å². The van der Waals surface area contributed by atoms with Crippen LogP contribution in [0.3, 0.4) is 0 Å². The summed E-state index contributed by atoms with van der Waals surface area (Å²) >= 11 is 0. The molecule has 3 rings (SSSR count). The van der Waals surface area contributed by atoms with Crippen LogP contribution in [0.4, 0.5) is 0 Å². The van der Waals surface area contributed by atoms with Gasteiger partial charge in [0.1, 0.15) is 12.4 Å². The van der Waals surface area contributed by atoms with Crippen molar-refractivity contribution < 1.29 is 14.3 Å². The third kappa shape index (κ3) is 4.49. The zero-order chi connectivity index (χ0) is 19.1. The summed E-state index contributed by atoms with van der Waals surface area (Å²) in [5, 5.41) is 14.6. The predicted molar refractivity (Wildman–Crippen MR) is 100 cm³/mol. The molecule has 3 aromatic rings. The summed E-state index contributed by atoms with van der Waals surface area (Å²) in [6.07, 6.45) is 1.59. The number of benzene rings is 2. The highest BCUT2D eigenvalue weighted by Crippen LogP contribution is 2.18. The molecule has 0 unspecified atom stereocenters. The van der Waals surface area contributed by atoms with Crippen molar-refractivity contribution in [3.63, 3.8) is 0 Å². The Labute approximate surface area is 156 Å². The maximum absolute atomic E-state index is 12.0. The van der Waals surface area contributed by atoms with Gasteiger partial charge in [0, 0.05) is 7.05 Å². The number of hydrogen-bond donors (Lipinski definition) is 1. The Morgan fingerprint density at radius 3 is 2.59 bits per heavy atom. The molecule has 0 atom stereocenters. The summed E-state index contributed by atoms with van der Waals surface area (Å²) in [6, 6.07) is 16.9. The summed E-state index contributed by atoms with van der Waals surface area (Å²) in [5.74, 6) is 0.522. The van der Waals surface area contributed by atoms with Gasteiger partial charge in [-0.05, 0) is 40.6 Å². The van der Waals surface area contributed by atoms with E-state index in [0.717, 1.165) is 16.9 Å². The highest BCUT2D eigenvalue weighted by atomic mass is 16.5. The zero-order valence-electron chi connectivity index (χ0n) is 15.0. The molecule has 1 heterocycles. The lowest BCUT2D eigenvalue weighted by Gasteiger charge is -2.07. The minimum Gasteiger partial charge on any atom is -0.497 e. The highest BCUT2D eigenvalue weighted by Gasteiger charge is 2.20. The van der Waals surface area contributed by atoms with E-state index in [2.05, 4.69) is 20.7 Å². The molecule has 8 heteroatoms. The van der Waals surface area contributed by atoms with Gasteiger partial charge in [-0.25, -0.2) is 0 Å². The van der Waals surface area contributed by atoms with Gasteiger partial charge in [-0.2, -0.15) is 5.10 Å². The minimum atomic E-state index is -0.399. The molecule has 138 valence electrons. The van der Waals surface area contributed by atoms with E-state index in [0.29, 0.717) is 0 Å². The van der Waals surface area contributed by atoms with Crippen molar-refractivity contribution in [2.75, 3.05) is 14.2 Å². The molecule has 0 bridgehead atoms. The molecule has 0 saturated heterocycles. The van der Waals surface area contributed by atoms with Gasteiger partial charge in [0.05, 0.1) is 13.3 Å². The molecule has 0 aliphatic rings. The molecular formula is C19H19N5O3. The maximum Gasteiger partial charge on any atom is 0.277 e. The molecule has 1 aromatic heterocycles. The fourth-order valence-corrected chi connectivity index (χ4v) is 2.27. The Bertz CT molecular complexity index is 920. The van der Waals surface area contributed by atoms with E-state index in [1.165, 1.54) is 11.8 Å². The maximum atomic E-state index is 12.0. The predicted octanol–water partition coefficient (Wildman–Crippen LogP) is 2.11. The van der Waals surface area contributed by atoms with E-state index in [-0.39, 0.29) is 18.2 Å². The van der Waals surface area contributed by atoms with Gasteiger partial charge in [0.25, 0.3) is 11.8 Å². The molecule has 0 radical (unpaired) electrons. The lowest BCUT2D eigenvalue weighted by atomic mass is 10.2. The summed E-state index contributed by atoms with van der Waals surface area (Å²) in [6.45, 7) is 0.260. The summed E-state index contributed by atoms with van der Waals surface area (Å²) in [5.41, 5.74) is 1.86. The van der Waals surface area contributed by atoms with Gasteiger partial charge in [-0.3, -0.25) is 4.79 Å². The van der Waals surface area contributed by atoms with E-state index in [9.17, 15) is 4.79 Å². The van der Waals surface area contributed by atoms with Crippen molar-refractivity contribution in [3.05, 3.63) is 71.4 Å². The monoisotopic (exact) mass is 365 g/mol. The molecule has 0 fully saturated rings. The third-order valence-corrected chi connectivity index (χ3v) is 3.71. The lowest BCUT2D eigenvalue weighted by molar-refractivity contribution is 0.0953. The lowest BCUT2D eigenvalue weighted by Crippen LogP contribution is -2.19. The van der Waals surface area contributed by atoms with Crippen molar-refractivity contribution in [1.82, 2.24) is 20.4 Å². The molecular weight excluding hydrogens is 346 g/mol. The molecule has 27 heavy (non-hydrogen) atoms. The van der Waals surface area contributed by atoms with Gasteiger partial charge in [0.15, 0.2) is 0 Å². The number of methoxy groups -OCH3 is 1. The molecule has 0 aliphatic heterocycles. The second kappa shape index (κ2) is 8.61. The first-order valence-electron chi connectivity index (χ1n) is 8.24. The van der Waals surface area contributed by atoms with Crippen LogP contribution in [0.5, 0.6) is 11.6 Å². The molecule has 1 amide bonds. The first-order valence-corrected chi connectivity index (χ1v) is 8.24. The second-order valence-electron chi connectivity index (χ2n) is 5.50. The molecule has 0 spiro atoms. The van der Waals surface area contributed by atoms with Crippen molar-refractivity contribution in [2.45, 2.75) is 6.61 Å². The summed E-state index contributed by atoms with van der Waals surface area (Å²) in [7, 11) is 3.12. The fraction of sp³-hybridized carbons (Fsp3) is 0.158. The van der Waals surface area contributed by atoms with E-state index in [1.54, 1.807) is 13.3 Å². The fourth-order valence-electron chi connectivity index (χ4n) is 2.27. The largest absolute Gasteiger partial charge is 0.497 e. The molecule has 8 nitrogen and oxygen atoms in total. The van der Waals surface area contributed by atoms with E-state index in [4.69, 9.17) is 9.47 Å². The number of aromatic nitrogens is 3. The Kier molecular flexibility index (Phi) is 5.78. The van der Waals surface area contributed by atoms with Crippen LogP contribution in [-0.4, -0.2) is 41.4 Å². The van der Waals surface area contributed by atoms with Gasteiger partial charge < -0.3 is 14.8 Å². The van der Waals surface area contributed by atoms with E-state index in [1.807, 2.05) is 54.6 Å². The van der Waals surface area contributed by atoms with E-state index < -0.39 is 5.91 Å². The summed E-state index contributed by atoms with van der Waals surface area (Å²) < 4.78 is 10.9. The zero-order valence-corrected chi connectivity index (χ0v) is 15.0. The first kappa shape index (κ1) is 18.1. The number of hydrogen-bond acceptors (Lipinski definition) is 6. The smallest absolute Gasteiger partial charge is 0.277 e. The number of nitrogens with one attached hydrogen (secondary N) is 1. The number of rotatable bonds is 7. The minimum absolute atomic E-state index is 0.0697. The van der Waals surface area contributed by atoms with Crippen molar-refractivity contribution in [3.8, 4) is 11.6 Å². The van der Waals surface area contributed by atoms with Crippen LogP contribution in [0, 0.1) is 0 Å². The number of carbonyl (C=O) groups excluding carboxylic acids is 1. The number of carbonyl (C=O) groups is 1. The van der Waals surface area contributed by atoms with Crippen LogP contribution >= 0.6 is 0 Å². The molecule has 2 aromatic carbocycles. The van der Waals surface area contributed by atoms with Crippen LogP contribution in [-0.2, 0) is 6.61 Å². The quantitative estimate of drug-likeness (QED) is 0.648. The average Bonchev–Trinajstić information content (AvgIpc) is 3.14. The van der Waals surface area contributed by atoms with Crippen LogP contribution in [0.25, 0.3) is 0 Å². The number of nitrogens with zero attached hydrogens (tertiary/aromatic N) is 4. The topological polar surface area (TPSA) is 90.6 Å². The Morgan fingerprint density at radius 2 is 1.93 bits per heavy atom. The van der Waals surface area contributed by atoms with Crippen molar-refractivity contribution >= 4 is 12.1 Å². The molecule has 1 N–H and O–H groups in total. The van der Waals surface area contributed by atoms with Crippen molar-refractivity contribution in [1.29, 1.82) is 0 Å². The average molecular weight is 365 g/mol. The van der Waals surface area contributed by atoms with Crippen LogP contribution in [0.1, 0.15) is 21.6 Å². The van der Waals surface area contributed by atoms with E-state index >= 15 is 0 Å². The van der Waals surface area contributed by atoms with Gasteiger partial charge in [-0.1, -0.05) is 35.1 Å². The first-order chi connectivity index (χ1) is 13.2. The Balaban J connectivity index is 1.83. The SMILES string of the molecule is CNC(=O)c1nnn(/N=C/c2ccc(OC)cc2)c1OCc1ccccc1. The normalized spacial score (nSPS) is 10.7. The molecule has 0 saturated carbocycles. The Morgan fingerprint density at radius 1 is 1.19 bits per heavy atom. The Hall–Kier alpha value is -3.68. The molecule has 0 aliphatic carbocycles. The van der Waals surface area contributed by atoms with Crippen LogP contribution in [0.15, 0.2) is 59.7 Å². The third-order valence-electron chi connectivity index (χ3n) is 3.71. The van der Waals surface area contributed by atoms with Gasteiger partial charge >= 0.3 is 0 Å². The van der Waals surface area contributed by atoms with Gasteiger partial charge in [0.2, 0.25) is 5.69 Å². The standard InChI is InChI=1S/C19H19N5O3/c1-20-18(25)17-19(27-13-15-6-4-3-5-7-15)24(23-22-17)21-12-14-8-10-16(26-2)11-9-14/h3-12H,13H2,1-2H3,(H,20,25)/b21-12+. The van der Waals surface area contributed by atoms with Crippen LogP contribution in [0.2, 0.25) is 0 Å².